The number of ketones is 1. The third-order valence-electron chi connectivity index (χ3n) is 7.91. The standard InChI is InChI=1S/C33H29ClN8O/c34-27-19-35-11-9-30(27)42-13-1-2-21(20-42)14-31(43)29-15-23-3-4-24(16-28(23)40-29)33-36-12-10-32(41-33)39-26-7-5-22(6-8-26)25-17-37-38-18-25/h3-12,15-19,21,40H,1-2,13-14,20H2,(H,37,38)(H,36,39,41). The summed E-state index contributed by atoms with van der Waals surface area (Å²) in [6.07, 6.45) is 11.4. The largest absolute Gasteiger partial charge is 0.370 e. The minimum atomic E-state index is 0.117. The molecule has 4 aromatic heterocycles. The minimum Gasteiger partial charge on any atom is -0.370 e. The number of H-pyrrole nitrogens is 2. The number of pyridine rings is 1. The number of aromatic amines is 2. The normalized spacial score (nSPS) is 15.1. The molecule has 9 nitrogen and oxygen atoms in total. The number of hydrogen-bond acceptors (Lipinski definition) is 7. The summed E-state index contributed by atoms with van der Waals surface area (Å²) < 4.78 is 0. The summed E-state index contributed by atoms with van der Waals surface area (Å²) in [6.45, 7) is 1.73. The van der Waals surface area contributed by atoms with E-state index in [1.54, 1.807) is 24.8 Å². The Morgan fingerprint density at radius 2 is 1.88 bits per heavy atom. The Labute approximate surface area is 253 Å². The van der Waals surface area contributed by atoms with E-state index in [9.17, 15) is 4.79 Å². The molecule has 0 aliphatic carbocycles. The molecule has 0 radical (unpaired) electrons. The third-order valence-corrected chi connectivity index (χ3v) is 8.20. The lowest BCUT2D eigenvalue weighted by Gasteiger charge is -2.34. The highest BCUT2D eigenvalue weighted by atomic mass is 35.5. The van der Waals surface area contributed by atoms with E-state index in [1.165, 1.54) is 0 Å². The molecule has 1 fully saturated rings. The average molecular weight is 589 g/mol. The Balaban J connectivity index is 1.04. The summed E-state index contributed by atoms with van der Waals surface area (Å²) in [5.41, 5.74) is 6.39. The van der Waals surface area contributed by atoms with Crippen LogP contribution in [0.1, 0.15) is 29.8 Å². The summed E-state index contributed by atoms with van der Waals surface area (Å²) in [5.74, 6) is 1.67. The first-order chi connectivity index (χ1) is 21.1. The van der Waals surface area contributed by atoms with Crippen LogP contribution in [0, 0.1) is 5.92 Å². The molecule has 3 N–H and O–H groups in total. The fourth-order valence-electron chi connectivity index (χ4n) is 5.73. The Hall–Kier alpha value is -5.02. The van der Waals surface area contributed by atoms with Crippen molar-refractivity contribution in [1.82, 2.24) is 30.1 Å². The van der Waals surface area contributed by atoms with E-state index in [-0.39, 0.29) is 11.7 Å². The van der Waals surface area contributed by atoms with Gasteiger partial charge in [0.05, 0.1) is 22.6 Å². The minimum absolute atomic E-state index is 0.117. The van der Waals surface area contributed by atoms with Crippen LogP contribution in [0.3, 0.4) is 0 Å². The van der Waals surface area contributed by atoms with Gasteiger partial charge >= 0.3 is 0 Å². The molecule has 2 aromatic carbocycles. The van der Waals surface area contributed by atoms with Crippen LogP contribution in [0.5, 0.6) is 0 Å². The smallest absolute Gasteiger partial charge is 0.179 e. The van der Waals surface area contributed by atoms with Crippen LogP contribution in [0.25, 0.3) is 33.4 Å². The lowest BCUT2D eigenvalue weighted by molar-refractivity contribution is 0.0952. The molecular formula is C33H29ClN8O. The highest BCUT2D eigenvalue weighted by Crippen LogP contribution is 2.31. The van der Waals surface area contributed by atoms with Crippen LogP contribution in [0.4, 0.5) is 17.2 Å². The van der Waals surface area contributed by atoms with E-state index in [4.69, 9.17) is 16.6 Å². The molecule has 1 aliphatic heterocycles. The molecule has 1 atom stereocenters. The lowest BCUT2D eigenvalue weighted by atomic mass is 9.92. The van der Waals surface area contributed by atoms with E-state index < -0.39 is 0 Å². The molecule has 0 saturated carbocycles. The van der Waals surface area contributed by atoms with Gasteiger partial charge in [-0.2, -0.15) is 5.10 Å². The molecule has 0 amide bonds. The van der Waals surface area contributed by atoms with E-state index in [0.29, 0.717) is 28.8 Å². The zero-order valence-corrected chi connectivity index (χ0v) is 24.1. The SMILES string of the molecule is O=C(CC1CCCN(c2ccncc2Cl)C1)c1cc2ccc(-c3nccc(Nc4ccc(-c5cn[nH]c5)cc4)n3)cc2[nH]1. The number of carbonyl (C=O) groups excluding carboxylic acids is 1. The average Bonchev–Trinajstić information content (AvgIpc) is 3.73. The topological polar surface area (TPSA) is 115 Å². The van der Waals surface area contributed by atoms with Crippen molar-refractivity contribution in [3.8, 4) is 22.5 Å². The maximum Gasteiger partial charge on any atom is 0.179 e. The number of piperidine rings is 1. The maximum absolute atomic E-state index is 13.3. The van der Waals surface area contributed by atoms with Gasteiger partial charge in [-0.05, 0) is 60.7 Å². The Morgan fingerprint density at radius 3 is 2.72 bits per heavy atom. The van der Waals surface area contributed by atoms with E-state index in [0.717, 1.165) is 64.9 Å². The van der Waals surface area contributed by atoms with Crippen LogP contribution in [-0.4, -0.2) is 49.0 Å². The molecule has 1 aliphatic rings. The number of carbonyl (C=O) groups is 1. The van der Waals surface area contributed by atoms with Gasteiger partial charge in [-0.25, -0.2) is 9.97 Å². The van der Waals surface area contributed by atoms with Crippen molar-refractivity contribution in [2.75, 3.05) is 23.3 Å². The Bertz CT molecular complexity index is 1880. The van der Waals surface area contributed by atoms with Gasteiger partial charge < -0.3 is 15.2 Å². The molecule has 7 rings (SSSR count). The summed E-state index contributed by atoms with van der Waals surface area (Å²) in [7, 11) is 0. The van der Waals surface area contributed by atoms with Crippen molar-refractivity contribution in [2.45, 2.75) is 19.3 Å². The molecule has 10 heteroatoms. The summed E-state index contributed by atoms with van der Waals surface area (Å²) in [4.78, 5) is 32.3. The number of aromatic nitrogens is 6. The number of benzene rings is 2. The van der Waals surface area contributed by atoms with Crippen molar-refractivity contribution in [1.29, 1.82) is 0 Å². The fraction of sp³-hybridized carbons (Fsp3) is 0.182. The number of rotatable bonds is 8. The molecule has 1 unspecified atom stereocenters. The molecule has 214 valence electrons. The number of nitrogens with zero attached hydrogens (tertiary/aromatic N) is 5. The second-order valence-electron chi connectivity index (χ2n) is 10.8. The predicted molar refractivity (Wildman–Crippen MR) is 170 cm³/mol. The second kappa shape index (κ2) is 11.7. The quantitative estimate of drug-likeness (QED) is 0.160. The zero-order chi connectivity index (χ0) is 29.2. The molecule has 0 spiro atoms. The van der Waals surface area contributed by atoms with Gasteiger partial charge in [0.2, 0.25) is 0 Å². The summed E-state index contributed by atoms with van der Waals surface area (Å²) in [5, 5.41) is 11.8. The summed E-state index contributed by atoms with van der Waals surface area (Å²) in [6, 6.07) is 19.8. The molecule has 43 heavy (non-hydrogen) atoms. The molecule has 6 aromatic rings. The van der Waals surface area contributed by atoms with E-state index in [1.807, 2.05) is 66.9 Å². The monoisotopic (exact) mass is 588 g/mol. The van der Waals surface area contributed by atoms with Crippen molar-refractivity contribution < 1.29 is 4.79 Å². The molecule has 0 bridgehead atoms. The summed E-state index contributed by atoms with van der Waals surface area (Å²) >= 11 is 6.38. The Kier molecular flexibility index (Phi) is 7.30. The zero-order valence-electron chi connectivity index (χ0n) is 23.3. The first-order valence-corrected chi connectivity index (χ1v) is 14.7. The molecule has 1 saturated heterocycles. The van der Waals surface area contributed by atoms with Gasteiger partial charge in [0.25, 0.3) is 0 Å². The maximum atomic E-state index is 13.3. The van der Waals surface area contributed by atoms with Gasteiger partial charge in [0.1, 0.15) is 5.82 Å². The van der Waals surface area contributed by atoms with Crippen molar-refractivity contribution in [3.05, 3.63) is 102 Å². The molecular weight excluding hydrogens is 560 g/mol. The number of nitrogens with one attached hydrogen (secondary N) is 3. The lowest BCUT2D eigenvalue weighted by Crippen LogP contribution is -2.36. The van der Waals surface area contributed by atoms with Crippen molar-refractivity contribution in [2.24, 2.45) is 5.92 Å². The van der Waals surface area contributed by atoms with Gasteiger partial charge in [0, 0.05) is 72.0 Å². The third kappa shape index (κ3) is 5.85. The number of anilines is 3. The Morgan fingerprint density at radius 1 is 1.00 bits per heavy atom. The highest BCUT2D eigenvalue weighted by Gasteiger charge is 2.25. The van der Waals surface area contributed by atoms with Crippen molar-refractivity contribution in [3.63, 3.8) is 0 Å². The fourth-order valence-corrected chi connectivity index (χ4v) is 5.97. The first kappa shape index (κ1) is 26.9. The second-order valence-corrected chi connectivity index (χ2v) is 11.3. The van der Waals surface area contributed by atoms with Crippen LogP contribution in [0.2, 0.25) is 5.02 Å². The number of Topliss-reactive ketones (excluding diaryl/α,β-unsaturated/α-hetero) is 1. The van der Waals surface area contributed by atoms with Gasteiger partial charge in [0.15, 0.2) is 11.6 Å². The van der Waals surface area contributed by atoms with Crippen molar-refractivity contribution >= 4 is 45.5 Å². The van der Waals surface area contributed by atoms with Gasteiger partial charge in [-0.3, -0.25) is 14.9 Å². The number of hydrogen-bond donors (Lipinski definition) is 3. The van der Waals surface area contributed by atoms with Crippen LogP contribution in [-0.2, 0) is 0 Å². The highest BCUT2D eigenvalue weighted by molar-refractivity contribution is 6.33. The van der Waals surface area contributed by atoms with Crippen LogP contribution in [0.15, 0.2) is 91.6 Å². The van der Waals surface area contributed by atoms with E-state index >= 15 is 0 Å². The van der Waals surface area contributed by atoms with Gasteiger partial charge in [-0.15, -0.1) is 0 Å². The van der Waals surface area contributed by atoms with Crippen LogP contribution >= 0.6 is 11.6 Å². The molecule has 5 heterocycles. The first-order valence-electron chi connectivity index (χ1n) is 14.3. The van der Waals surface area contributed by atoms with E-state index in [2.05, 4.69) is 35.4 Å². The number of fused-ring (bicyclic) bond motifs is 1. The number of halogens is 1. The van der Waals surface area contributed by atoms with Crippen LogP contribution < -0.4 is 10.2 Å². The predicted octanol–water partition coefficient (Wildman–Crippen LogP) is 7.30. The van der Waals surface area contributed by atoms with Gasteiger partial charge in [-0.1, -0.05) is 35.9 Å².